The van der Waals surface area contributed by atoms with Gasteiger partial charge in [-0.05, 0) is 37.0 Å². The first-order chi connectivity index (χ1) is 8.18. The quantitative estimate of drug-likeness (QED) is 0.791. The molecule has 2 aromatic rings. The zero-order valence-corrected chi connectivity index (χ0v) is 12.5. The average molecular weight is 310 g/mol. The number of thiophene rings is 1. The summed E-state index contributed by atoms with van der Waals surface area (Å²) in [5.74, 6) is 0. The summed E-state index contributed by atoms with van der Waals surface area (Å²) in [6.07, 6.45) is 0. The lowest BCUT2D eigenvalue weighted by Gasteiger charge is -2.24. The number of hydrogen-bond acceptors (Lipinski definition) is 2. The first kappa shape index (κ1) is 12.8. The van der Waals surface area contributed by atoms with Crippen LogP contribution in [0.15, 0.2) is 46.3 Å². The summed E-state index contributed by atoms with van der Waals surface area (Å²) in [4.78, 5) is 3.78. The van der Waals surface area contributed by atoms with E-state index in [2.05, 4.69) is 76.6 Å². The number of benzene rings is 1. The van der Waals surface area contributed by atoms with Crippen molar-refractivity contribution in [2.45, 2.75) is 19.5 Å². The molecule has 1 atom stereocenters. The molecule has 1 aromatic carbocycles. The molecule has 0 aliphatic rings. The van der Waals surface area contributed by atoms with Crippen LogP contribution < -0.4 is 0 Å². The number of rotatable bonds is 4. The highest BCUT2D eigenvalue weighted by atomic mass is 79.9. The summed E-state index contributed by atoms with van der Waals surface area (Å²) in [6.45, 7) is 3.21. The normalized spacial score (nSPS) is 12.9. The standard InChI is InChI=1S/C14H16BrNS/c1-11(14-8-5-9-17-14)16(2)10-12-6-3-4-7-13(12)15/h3-9,11H,10H2,1-2H3. The second-order valence-electron chi connectivity index (χ2n) is 4.20. The van der Waals surface area contributed by atoms with E-state index < -0.39 is 0 Å². The molecule has 0 fully saturated rings. The van der Waals surface area contributed by atoms with Gasteiger partial charge in [-0.2, -0.15) is 0 Å². The lowest BCUT2D eigenvalue weighted by atomic mass is 10.2. The summed E-state index contributed by atoms with van der Waals surface area (Å²) < 4.78 is 1.19. The van der Waals surface area contributed by atoms with Gasteiger partial charge in [0.2, 0.25) is 0 Å². The Labute approximate surface area is 115 Å². The minimum Gasteiger partial charge on any atom is -0.295 e. The second-order valence-corrected chi connectivity index (χ2v) is 6.03. The van der Waals surface area contributed by atoms with Gasteiger partial charge in [0.25, 0.3) is 0 Å². The molecular weight excluding hydrogens is 294 g/mol. The molecule has 3 heteroatoms. The third-order valence-electron chi connectivity index (χ3n) is 2.99. The molecule has 1 unspecified atom stereocenters. The van der Waals surface area contributed by atoms with Crippen LogP contribution in [-0.2, 0) is 6.54 Å². The summed E-state index contributed by atoms with van der Waals surface area (Å²) in [5.41, 5.74) is 1.33. The number of halogens is 1. The molecule has 0 radical (unpaired) electrons. The van der Waals surface area contributed by atoms with Crippen molar-refractivity contribution in [1.29, 1.82) is 0 Å². The fourth-order valence-corrected chi connectivity index (χ4v) is 3.04. The molecule has 1 aromatic heterocycles. The van der Waals surface area contributed by atoms with Crippen LogP contribution in [0.5, 0.6) is 0 Å². The number of nitrogens with zero attached hydrogens (tertiary/aromatic N) is 1. The fraction of sp³-hybridized carbons (Fsp3) is 0.286. The van der Waals surface area contributed by atoms with Crippen LogP contribution in [0.1, 0.15) is 23.4 Å². The Bertz CT molecular complexity index is 467. The van der Waals surface area contributed by atoms with Crippen LogP contribution in [0, 0.1) is 0 Å². The van der Waals surface area contributed by atoms with Gasteiger partial charge in [0.1, 0.15) is 0 Å². The van der Waals surface area contributed by atoms with E-state index in [-0.39, 0.29) is 0 Å². The smallest absolute Gasteiger partial charge is 0.0413 e. The second kappa shape index (κ2) is 5.80. The monoisotopic (exact) mass is 309 g/mol. The minimum absolute atomic E-state index is 0.460. The van der Waals surface area contributed by atoms with E-state index in [0.717, 1.165) is 6.54 Å². The molecule has 0 amide bonds. The SMILES string of the molecule is CC(c1cccs1)N(C)Cc1ccccc1Br. The van der Waals surface area contributed by atoms with Crippen molar-refractivity contribution >= 4 is 27.3 Å². The van der Waals surface area contributed by atoms with Crippen molar-refractivity contribution in [3.8, 4) is 0 Å². The van der Waals surface area contributed by atoms with Crippen LogP contribution in [0.25, 0.3) is 0 Å². The molecule has 0 aliphatic heterocycles. The third-order valence-corrected chi connectivity index (χ3v) is 4.81. The Morgan fingerprint density at radius 2 is 2.00 bits per heavy atom. The van der Waals surface area contributed by atoms with Gasteiger partial charge in [-0.15, -0.1) is 11.3 Å². The van der Waals surface area contributed by atoms with E-state index in [1.54, 1.807) is 0 Å². The van der Waals surface area contributed by atoms with Gasteiger partial charge in [0.15, 0.2) is 0 Å². The molecule has 0 N–H and O–H groups in total. The Hall–Kier alpha value is -0.640. The van der Waals surface area contributed by atoms with Crippen LogP contribution in [0.2, 0.25) is 0 Å². The Balaban J connectivity index is 2.07. The molecule has 0 spiro atoms. The van der Waals surface area contributed by atoms with Gasteiger partial charge in [-0.25, -0.2) is 0 Å². The van der Waals surface area contributed by atoms with Crippen molar-refractivity contribution < 1.29 is 0 Å². The molecule has 90 valence electrons. The van der Waals surface area contributed by atoms with Gasteiger partial charge in [-0.3, -0.25) is 4.90 Å². The maximum Gasteiger partial charge on any atom is 0.0413 e. The molecule has 17 heavy (non-hydrogen) atoms. The van der Waals surface area contributed by atoms with Crippen molar-refractivity contribution in [3.63, 3.8) is 0 Å². The van der Waals surface area contributed by atoms with E-state index in [1.165, 1.54) is 14.9 Å². The summed E-state index contributed by atoms with van der Waals surface area (Å²) in [6, 6.07) is 13.2. The largest absolute Gasteiger partial charge is 0.295 e. The predicted molar refractivity (Wildman–Crippen MR) is 78.3 cm³/mol. The Morgan fingerprint density at radius 1 is 1.24 bits per heavy atom. The highest BCUT2D eigenvalue weighted by Crippen LogP contribution is 2.26. The van der Waals surface area contributed by atoms with Gasteiger partial charge in [-0.1, -0.05) is 40.2 Å². The van der Waals surface area contributed by atoms with Gasteiger partial charge in [0, 0.05) is 21.9 Å². The lowest BCUT2D eigenvalue weighted by Crippen LogP contribution is -2.21. The lowest BCUT2D eigenvalue weighted by molar-refractivity contribution is 0.256. The Kier molecular flexibility index (Phi) is 4.37. The zero-order valence-electron chi connectivity index (χ0n) is 10.1. The van der Waals surface area contributed by atoms with E-state index in [0.29, 0.717) is 6.04 Å². The third kappa shape index (κ3) is 3.18. The molecule has 0 saturated carbocycles. The molecule has 2 rings (SSSR count). The van der Waals surface area contributed by atoms with Crippen LogP contribution in [0.3, 0.4) is 0 Å². The van der Waals surface area contributed by atoms with Crippen LogP contribution in [0.4, 0.5) is 0 Å². The average Bonchev–Trinajstić information content (AvgIpc) is 2.84. The molecule has 0 aliphatic carbocycles. The maximum atomic E-state index is 3.60. The topological polar surface area (TPSA) is 3.24 Å². The van der Waals surface area contributed by atoms with E-state index in [9.17, 15) is 0 Å². The highest BCUT2D eigenvalue weighted by Gasteiger charge is 2.13. The molecule has 1 heterocycles. The molecule has 0 bridgehead atoms. The van der Waals surface area contributed by atoms with Crippen LogP contribution in [-0.4, -0.2) is 11.9 Å². The minimum atomic E-state index is 0.460. The van der Waals surface area contributed by atoms with Gasteiger partial charge in [0.05, 0.1) is 0 Å². The van der Waals surface area contributed by atoms with Crippen molar-refractivity contribution in [2.75, 3.05) is 7.05 Å². The van der Waals surface area contributed by atoms with Crippen molar-refractivity contribution in [1.82, 2.24) is 4.90 Å². The fourth-order valence-electron chi connectivity index (χ4n) is 1.78. The summed E-state index contributed by atoms with van der Waals surface area (Å²) in [7, 11) is 2.17. The molecular formula is C14H16BrNS. The Morgan fingerprint density at radius 3 is 2.65 bits per heavy atom. The zero-order chi connectivity index (χ0) is 12.3. The first-order valence-corrected chi connectivity index (χ1v) is 7.33. The van der Waals surface area contributed by atoms with Gasteiger partial charge < -0.3 is 0 Å². The van der Waals surface area contributed by atoms with Crippen LogP contribution >= 0.6 is 27.3 Å². The first-order valence-electron chi connectivity index (χ1n) is 5.65. The summed E-state index contributed by atoms with van der Waals surface area (Å²) >= 11 is 5.42. The molecule has 1 nitrogen and oxygen atoms in total. The maximum absolute atomic E-state index is 3.60. The van der Waals surface area contributed by atoms with E-state index in [1.807, 2.05) is 11.3 Å². The number of hydrogen-bond donors (Lipinski definition) is 0. The van der Waals surface area contributed by atoms with E-state index in [4.69, 9.17) is 0 Å². The van der Waals surface area contributed by atoms with Crippen molar-refractivity contribution in [2.24, 2.45) is 0 Å². The predicted octanol–water partition coefficient (Wildman–Crippen LogP) is 4.70. The molecule has 0 saturated heterocycles. The summed E-state index contributed by atoms with van der Waals surface area (Å²) in [5, 5.41) is 2.14. The highest BCUT2D eigenvalue weighted by molar-refractivity contribution is 9.10. The van der Waals surface area contributed by atoms with Crippen molar-refractivity contribution in [3.05, 3.63) is 56.7 Å². The van der Waals surface area contributed by atoms with Gasteiger partial charge >= 0.3 is 0 Å². The van der Waals surface area contributed by atoms with E-state index >= 15 is 0 Å².